The van der Waals surface area contributed by atoms with Crippen LogP contribution in [0.4, 0.5) is 0 Å². The van der Waals surface area contributed by atoms with E-state index in [-0.39, 0.29) is 31.1 Å². The molecule has 0 amide bonds. The molecule has 0 saturated heterocycles. The van der Waals surface area contributed by atoms with Gasteiger partial charge < -0.3 is 14.2 Å². The van der Waals surface area contributed by atoms with E-state index in [2.05, 4.69) is 130 Å². The maximum atomic E-state index is 12.7. The number of ether oxygens (including phenoxy) is 3. The molecular formula is C63H104O6. The van der Waals surface area contributed by atoms with Gasteiger partial charge in [0.25, 0.3) is 0 Å². The zero-order valence-electron chi connectivity index (χ0n) is 44.8. The quantitative estimate of drug-likeness (QED) is 0.0262. The average Bonchev–Trinajstić information content (AvgIpc) is 3.35. The summed E-state index contributed by atoms with van der Waals surface area (Å²) < 4.78 is 16.7. The zero-order chi connectivity index (χ0) is 50.0. The highest BCUT2D eigenvalue weighted by Crippen LogP contribution is 2.15. The molecule has 1 atom stereocenters. The van der Waals surface area contributed by atoms with Crippen molar-refractivity contribution in [1.82, 2.24) is 0 Å². The fraction of sp³-hybridized carbons (Fsp3) is 0.667. The predicted molar refractivity (Wildman–Crippen MR) is 297 cm³/mol. The van der Waals surface area contributed by atoms with Gasteiger partial charge in [0.15, 0.2) is 6.10 Å². The van der Waals surface area contributed by atoms with E-state index >= 15 is 0 Å². The Kier molecular flexibility index (Phi) is 53.4. The van der Waals surface area contributed by atoms with E-state index in [1.54, 1.807) is 0 Å². The van der Waals surface area contributed by atoms with E-state index < -0.39 is 6.10 Å². The lowest BCUT2D eigenvalue weighted by atomic mass is 10.0. The van der Waals surface area contributed by atoms with Crippen molar-refractivity contribution < 1.29 is 28.6 Å². The molecule has 0 aliphatic carbocycles. The molecule has 0 rings (SSSR count). The van der Waals surface area contributed by atoms with Gasteiger partial charge in [-0.15, -0.1) is 0 Å². The van der Waals surface area contributed by atoms with Crippen molar-refractivity contribution >= 4 is 17.9 Å². The standard InChI is InChI=1S/C63H104O6/c1-4-7-10-13-15-17-19-21-22-23-24-25-26-27-28-29-30-31-32-33-34-35-36-37-38-39-40-42-43-45-47-50-53-56-62(65)68-59-60(58-67-61(64)55-52-49-12-9-6-3)69-63(66)57-54-51-48-46-44-41-20-18-16-14-11-8-5-2/h7,10,15,17,21-22,24-25,27-28,30-31,33-34,36-37,39-40,60H,4-6,8-9,11-14,16,18-20,23,26,29,32,35,38,41-59H2,1-3H3/b10-7-,17-15-,22-21-,25-24-,28-27-,31-30-,34-33-,37-36-,40-39-. The molecule has 6 nitrogen and oxygen atoms in total. The van der Waals surface area contributed by atoms with Crippen LogP contribution >= 0.6 is 0 Å². The van der Waals surface area contributed by atoms with Crippen LogP contribution in [0.1, 0.15) is 252 Å². The molecule has 69 heavy (non-hydrogen) atoms. The molecule has 0 aromatic carbocycles. The van der Waals surface area contributed by atoms with E-state index in [4.69, 9.17) is 14.2 Å². The monoisotopic (exact) mass is 957 g/mol. The van der Waals surface area contributed by atoms with Gasteiger partial charge in [0.1, 0.15) is 13.2 Å². The second-order valence-corrected chi connectivity index (χ2v) is 18.5. The summed E-state index contributed by atoms with van der Waals surface area (Å²) >= 11 is 0. The van der Waals surface area contributed by atoms with Crippen molar-refractivity contribution in [3.8, 4) is 0 Å². The minimum absolute atomic E-state index is 0.0835. The topological polar surface area (TPSA) is 78.9 Å². The van der Waals surface area contributed by atoms with Gasteiger partial charge in [-0.05, 0) is 89.9 Å². The number of carbonyl (C=O) groups excluding carboxylic acids is 3. The first-order valence-corrected chi connectivity index (χ1v) is 28.4. The summed E-state index contributed by atoms with van der Waals surface area (Å²) in [6.45, 7) is 6.42. The van der Waals surface area contributed by atoms with Crippen molar-refractivity contribution in [2.24, 2.45) is 0 Å². The second kappa shape index (κ2) is 56.7. The first-order valence-electron chi connectivity index (χ1n) is 28.4. The Morgan fingerprint density at radius 3 is 0.884 bits per heavy atom. The van der Waals surface area contributed by atoms with Crippen molar-refractivity contribution in [2.45, 2.75) is 258 Å². The van der Waals surface area contributed by atoms with Gasteiger partial charge in [0, 0.05) is 19.3 Å². The van der Waals surface area contributed by atoms with Crippen LogP contribution in [-0.4, -0.2) is 37.2 Å². The van der Waals surface area contributed by atoms with Crippen LogP contribution in [0.15, 0.2) is 109 Å². The highest BCUT2D eigenvalue weighted by atomic mass is 16.6. The van der Waals surface area contributed by atoms with Crippen LogP contribution in [0.3, 0.4) is 0 Å². The van der Waals surface area contributed by atoms with Crippen LogP contribution < -0.4 is 0 Å². The zero-order valence-corrected chi connectivity index (χ0v) is 44.8. The van der Waals surface area contributed by atoms with Crippen molar-refractivity contribution in [3.05, 3.63) is 109 Å². The summed E-state index contributed by atoms with van der Waals surface area (Å²) in [6.07, 6.45) is 77.0. The maximum Gasteiger partial charge on any atom is 0.306 e. The van der Waals surface area contributed by atoms with Gasteiger partial charge in [0.2, 0.25) is 0 Å². The fourth-order valence-electron chi connectivity index (χ4n) is 7.55. The number of esters is 3. The minimum atomic E-state index is -0.780. The molecule has 0 aliphatic heterocycles. The average molecular weight is 958 g/mol. The Hall–Kier alpha value is -3.93. The van der Waals surface area contributed by atoms with Crippen LogP contribution in [0.2, 0.25) is 0 Å². The van der Waals surface area contributed by atoms with Crippen LogP contribution in [0.25, 0.3) is 0 Å². The number of unbranched alkanes of at least 4 members (excludes halogenated alkanes) is 21. The Morgan fingerprint density at radius 2 is 0.565 bits per heavy atom. The molecule has 0 saturated carbocycles. The molecule has 1 unspecified atom stereocenters. The molecule has 0 aliphatic rings. The molecule has 0 aromatic rings. The lowest BCUT2D eigenvalue weighted by molar-refractivity contribution is -0.167. The van der Waals surface area contributed by atoms with E-state index in [0.29, 0.717) is 19.3 Å². The van der Waals surface area contributed by atoms with Crippen LogP contribution in [0, 0.1) is 0 Å². The first-order chi connectivity index (χ1) is 34.0. The molecular weight excluding hydrogens is 853 g/mol. The second-order valence-electron chi connectivity index (χ2n) is 18.5. The molecule has 0 fully saturated rings. The van der Waals surface area contributed by atoms with Crippen molar-refractivity contribution in [2.75, 3.05) is 13.2 Å². The lowest BCUT2D eigenvalue weighted by Gasteiger charge is -2.18. The summed E-state index contributed by atoms with van der Waals surface area (Å²) in [5.74, 6) is -0.918. The molecule has 0 bridgehead atoms. The molecule has 392 valence electrons. The molecule has 0 aromatic heterocycles. The van der Waals surface area contributed by atoms with Crippen LogP contribution in [0.5, 0.6) is 0 Å². The number of hydrogen-bond donors (Lipinski definition) is 0. The lowest BCUT2D eigenvalue weighted by Crippen LogP contribution is -2.30. The SMILES string of the molecule is CC/C=C\C/C=C\C/C=C\C/C=C\C/C=C\C/C=C\C/C=C\C/C=C\C/C=C\CCCCCCCC(=O)OCC(COC(=O)CCCCCCC)OC(=O)CCCCCCCCCCCCCCC. The van der Waals surface area contributed by atoms with Gasteiger partial charge >= 0.3 is 17.9 Å². The summed E-state index contributed by atoms with van der Waals surface area (Å²) in [4.78, 5) is 37.7. The van der Waals surface area contributed by atoms with Gasteiger partial charge in [0.05, 0.1) is 0 Å². The molecule has 0 radical (unpaired) electrons. The van der Waals surface area contributed by atoms with Gasteiger partial charge in [-0.3, -0.25) is 14.4 Å². The Bertz CT molecular complexity index is 1420. The molecule has 0 heterocycles. The highest BCUT2D eigenvalue weighted by Gasteiger charge is 2.19. The molecule has 6 heteroatoms. The number of rotatable bonds is 50. The van der Waals surface area contributed by atoms with Crippen LogP contribution in [-0.2, 0) is 28.6 Å². The molecule has 0 spiro atoms. The third kappa shape index (κ3) is 54.9. The van der Waals surface area contributed by atoms with E-state index in [0.717, 1.165) is 141 Å². The number of hydrogen-bond acceptors (Lipinski definition) is 6. The Labute approximate surface area is 425 Å². The third-order valence-corrected chi connectivity index (χ3v) is 11.8. The largest absolute Gasteiger partial charge is 0.462 e. The summed E-state index contributed by atoms with van der Waals surface area (Å²) in [5.41, 5.74) is 0. The Morgan fingerprint density at radius 1 is 0.304 bits per heavy atom. The fourth-order valence-corrected chi connectivity index (χ4v) is 7.55. The third-order valence-electron chi connectivity index (χ3n) is 11.8. The highest BCUT2D eigenvalue weighted by molar-refractivity contribution is 5.71. The first kappa shape index (κ1) is 65.1. The van der Waals surface area contributed by atoms with E-state index in [9.17, 15) is 14.4 Å². The number of allylic oxidation sites excluding steroid dienone is 18. The smallest absolute Gasteiger partial charge is 0.306 e. The Balaban J connectivity index is 4.10. The van der Waals surface area contributed by atoms with Gasteiger partial charge in [-0.25, -0.2) is 0 Å². The minimum Gasteiger partial charge on any atom is -0.462 e. The molecule has 0 N–H and O–H groups in total. The van der Waals surface area contributed by atoms with E-state index in [1.165, 1.54) is 70.6 Å². The summed E-state index contributed by atoms with van der Waals surface area (Å²) in [6, 6.07) is 0. The van der Waals surface area contributed by atoms with Crippen molar-refractivity contribution in [3.63, 3.8) is 0 Å². The van der Waals surface area contributed by atoms with Gasteiger partial charge in [-0.2, -0.15) is 0 Å². The summed E-state index contributed by atoms with van der Waals surface area (Å²) in [7, 11) is 0. The normalized spacial score (nSPS) is 12.9. The number of carbonyl (C=O) groups is 3. The summed E-state index contributed by atoms with van der Waals surface area (Å²) in [5, 5.41) is 0. The van der Waals surface area contributed by atoms with E-state index in [1.807, 2.05) is 0 Å². The van der Waals surface area contributed by atoms with Gasteiger partial charge in [-0.1, -0.05) is 252 Å². The predicted octanol–water partition coefficient (Wildman–Crippen LogP) is 19.1. The van der Waals surface area contributed by atoms with Crippen molar-refractivity contribution in [1.29, 1.82) is 0 Å². The maximum absolute atomic E-state index is 12.7.